The van der Waals surface area contributed by atoms with Gasteiger partial charge in [-0.2, -0.15) is 0 Å². The van der Waals surface area contributed by atoms with E-state index in [0.29, 0.717) is 11.8 Å². The maximum atomic E-state index is 5.43. The highest BCUT2D eigenvalue weighted by Gasteiger charge is 2.29. The fourth-order valence-electron chi connectivity index (χ4n) is 4.73. The van der Waals surface area contributed by atoms with Crippen LogP contribution in [0.5, 0.6) is 0 Å². The van der Waals surface area contributed by atoms with E-state index in [2.05, 4.69) is 116 Å². The number of H-pyrrole nitrogens is 1. The van der Waals surface area contributed by atoms with Crippen molar-refractivity contribution in [3.05, 3.63) is 76.7 Å². The van der Waals surface area contributed by atoms with Crippen LogP contribution in [0.4, 0.5) is 0 Å². The summed E-state index contributed by atoms with van der Waals surface area (Å²) in [5.41, 5.74) is 12.4. The molecule has 0 aliphatic rings. The lowest BCUT2D eigenvalue weighted by atomic mass is 9.83. The topological polar surface area (TPSA) is 28.7 Å². The first-order valence-corrected chi connectivity index (χ1v) is 12.2. The Morgan fingerprint density at radius 1 is 0.697 bits per heavy atom. The van der Waals surface area contributed by atoms with Gasteiger partial charge in [-0.3, -0.25) is 4.98 Å². The molecule has 2 aromatic carbocycles. The molecule has 2 heteroatoms. The number of fused-ring (bicyclic) bond motifs is 1. The fraction of sp³-hybridized carbons (Fsp3) is 0.387. The lowest BCUT2D eigenvalue weighted by Gasteiger charge is -2.24. The lowest BCUT2D eigenvalue weighted by Crippen LogP contribution is -2.16. The summed E-state index contributed by atoms with van der Waals surface area (Å²) in [5.74, 6) is 0.690. The van der Waals surface area contributed by atoms with E-state index >= 15 is 0 Å². The first-order chi connectivity index (χ1) is 15.5. The Kier molecular flexibility index (Phi) is 5.99. The van der Waals surface area contributed by atoms with Gasteiger partial charge in [0.15, 0.2) is 0 Å². The predicted octanol–water partition coefficient (Wildman–Crippen LogP) is 9.06. The van der Waals surface area contributed by atoms with Gasteiger partial charge in [0.05, 0.1) is 16.9 Å². The Hall–Kier alpha value is -2.87. The molecule has 4 rings (SSSR count). The lowest BCUT2D eigenvalue weighted by molar-refractivity contribution is 0.570. The zero-order valence-electron chi connectivity index (χ0n) is 21.7. The van der Waals surface area contributed by atoms with E-state index in [9.17, 15) is 0 Å². The maximum Gasteiger partial charge on any atom is 0.0579 e. The van der Waals surface area contributed by atoms with Gasteiger partial charge in [0, 0.05) is 27.6 Å². The number of rotatable bonds is 4. The van der Waals surface area contributed by atoms with Crippen LogP contribution in [0.25, 0.3) is 33.2 Å². The van der Waals surface area contributed by atoms with Crippen LogP contribution in [0.15, 0.2) is 48.5 Å². The molecule has 33 heavy (non-hydrogen) atoms. The van der Waals surface area contributed by atoms with Crippen molar-refractivity contribution in [2.45, 2.75) is 79.6 Å². The molecule has 0 radical (unpaired) electrons. The molecule has 0 aliphatic heterocycles. The van der Waals surface area contributed by atoms with Crippen molar-refractivity contribution >= 4 is 10.9 Å². The minimum atomic E-state index is -0.0798. The summed E-state index contributed by atoms with van der Waals surface area (Å²) >= 11 is 0. The fourth-order valence-corrected chi connectivity index (χ4v) is 4.73. The largest absolute Gasteiger partial charge is 0.357 e. The molecule has 2 nitrogen and oxygen atoms in total. The Labute approximate surface area is 199 Å². The standard InChI is InChI=1S/C31H38N2/c1-18(2)27-24(22-14-10-20(5)11-15-22)26-29(32-27)25(23-16-12-21(6)13-17-23)28(19(3)4)33-30(26)31(7,8)9/h10-19,32H,1-9H3. The Morgan fingerprint density at radius 3 is 1.61 bits per heavy atom. The van der Waals surface area contributed by atoms with Crippen LogP contribution < -0.4 is 0 Å². The molecule has 0 saturated carbocycles. The summed E-state index contributed by atoms with van der Waals surface area (Å²) in [6, 6.07) is 17.9. The van der Waals surface area contributed by atoms with E-state index in [1.165, 1.54) is 61.4 Å². The Morgan fingerprint density at radius 2 is 1.18 bits per heavy atom. The van der Waals surface area contributed by atoms with E-state index in [1.54, 1.807) is 0 Å². The van der Waals surface area contributed by atoms with Crippen LogP contribution >= 0.6 is 0 Å². The normalized spacial score (nSPS) is 12.3. The van der Waals surface area contributed by atoms with Crippen LogP contribution in [0.1, 0.15) is 88.5 Å². The Balaban J connectivity index is 2.23. The molecular formula is C31H38N2. The summed E-state index contributed by atoms with van der Waals surface area (Å²) in [6.07, 6.45) is 0. The summed E-state index contributed by atoms with van der Waals surface area (Å²) in [6.45, 7) is 20.2. The first-order valence-electron chi connectivity index (χ1n) is 12.2. The van der Waals surface area contributed by atoms with E-state index in [4.69, 9.17) is 4.98 Å². The number of aryl methyl sites for hydroxylation is 2. The number of hydrogen-bond donors (Lipinski definition) is 1. The molecule has 2 heterocycles. The molecule has 2 aromatic heterocycles. The highest BCUT2D eigenvalue weighted by molar-refractivity contribution is 6.07. The molecule has 0 bridgehead atoms. The zero-order chi connectivity index (χ0) is 24.1. The highest BCUT2D eigenvalue weighted by Crippen LogP contribution is 2.46. The van der Waals surface area contributed by atoms with Crippen LogP contribution in [0.3, 0.4) is 0 Å². The second-order valence-corrected chi connectivity index (χ2v) is 11.2. The van der Waals surface area contributed by atoms with Crippen LogP contribution in [0, 0.1) is 13.8 Å². The van der Waals surface area contributed by atoms with Crippen molar-refractivity contribution in [2.24, 2.45) is 0 Å². The van der Waals surface area contributed by atoms with Crippen molar-refractivity contribution in [2.75, 3.05) is 0 Å². The van der Waals surface area contributed by atoms with Gasteiger partial charge in [-0.1, -0.05) is 108 Å². The van der Waals surface area contributed by atoms with E-state index in [0.717, 1.165) is 0 Å². The van der Waals surface area contributed by atoms with E-state index in [1.807, 2.05) is 0 Å². The summed E-state index contributed by atoms with van der Waals surface area (Å²) in [4.78, 5) is 9.35. The minimum Gasteiger partial charge on any atom is -0.357 e. The van der Waals surface area contributed by atoms with Crippen molar-refractivity contribution in [1.29, 1.82) is 0 Å². The second kappa shape index (κ2) is 8.48. The van der Waals surface area contributed by atoms with Gasteiger partial charge < -0.3 is 4.98 Å². The molecular weight excluding hydrogens is 400 g/mol. The maximum absolute atomic E-state index is 5.43. The summed E-state index contributed by atoms with van der Waals surface area (Å²) in [7, 11) is 0. The number of aromatic nitrogens is 2. The molecule has 0 amide bonds. The monoisotopic (exact) mass is 438 g/mol. The SMILES string of the molecule is Cc1ccc(-c2c(C(C)C)nc(C(C)(C)C)c3c(-c4ccc(C)cc4)c(C(C)C)[nH]c23)cc1. The van der Waals surface area contributed by atoms with Gasteiger partial charge in [-0.05, 0) is 36.8 Å². The van der Waals surface area contributed by atoms with Gasteiger partial charge >= 0.3 is 0 Å². The van der Waals surface area contributed by atoms with Crippen LogP contribution in [0.2, 0.25) is 0 Å². The molecule has 172 valence electrons. The predicted molar refractivity (Wildman–Crippen MR) is 143 cm³/mol. The van der Waals surface area contributed by atoms with Crippen molar-refractivity contribution in [1.82, 2.24) is 9.97 Å². The van der Waals surface area contributed by atoms with Crippen LogP contribution in [-0.4, -0.2) is 9.97 Å². The highest BCUT2D eigenvalue weighted by atomic mass is 14.8. The van der Waals surface area contributed by atoms with E-state index in [-0.39, 0.29) is 5.41 Å². The summed E-state index contributed by atoms with van der Waals surface area (Å²) in [5, 5.41) is 1.27. The third kappa shape index (κ3) is 4.24. The quantitative estimate of drug-likeness (QED) is 0.338. The van der Waals surface area contributed by atoms with Crippen molar-refractivity contribution < 1.29 is 0 Å². The van der Waals surface area contributed by atoms with Gasteiger partial charge in [0.1, 0.15) is 0 Å². The molecule has 0 spiro atoms. The molecule has 0 aliphatic carbocycles. The molecule has 0 saturated heterocycles. The van der Waals surface area contributed by atoms with E-state index < -0.39 is 0 Å². The number of nitrogens with one attached hydrogen (secondary N) is 1. The molecule has 0 fully saturated rings. The van der Waals surface area contributed by atoms with Gasteiger partial charge in [-0.25, -0.2) is 0 Å². The van der Waals surface area contributed by atoms with Crippen LogP contribution in [-0.2, 0) is 5.41 Å². The number of aromatic amines is 1. The average molecular weight is 439 g/mol. The number of nitrogens with zero attached hydrogens (tertiary/aromatic N) is 1. The third-order valence-corrected chi connectivity index (χ3v) is 6.52. The molecule has 0 atom stereocenters. The second-order valence-electron chi connectivity index (χ2n) is 11.2. The average Bonchev–Trinajstić information content (AvgIpc) is 3.13. The minimum absolute atomic E-state index is 0.0798. The first kappa shape index (κ1) is 23.3. The number of pyridine rings is 1. The molecule has 4 aromatic rings. The number of hydrogen-bond acceptors (Lipinski definition) is 1. The van der Waals surface area contributed by atoms with Gasteiger partial charge in [-0.15, -0.1) is 0 Å². The molecule has 1 N–H and O–H groups in total. The smallest absolute Gasteiger partial charge is 0.0579 e. The summed E-state index contributed by atoms with van der Waals surface area (Å²) < 4.78 is 0. The van der Waals surface area contributed by atoms with Crippen molar-refractivity contribution in [3.63, 3.8) is 0 Å². The van der Waals surface area contributed by atoms with Gasteiger partial charge in [0.2, 0.25) is 0 Å². The molecule has 0 unspecified atom stereocenters. The number of benzene rings is 2. The third-order valence-electron chi connectivity index (χ3n) is 6.52. The Bertz CT molecular complexity index is 1280. The zero-order valence-corrected chi connectivity index (χ0v) is 21.7. The van der Waals surface area contributed by atoms with Crippen molar-refractivity contribution in [3.8, 4) is 22.3 Å². The van der Waals surface area contributed by atoms with Gasteiger partial charge in [0.25, 0.3) is 0 Å².